The van der Waals surface area contributed by atoms with Crippen LogP contribution in [0.1, 0.15) is 52.5 Å². The molecule has 1 aromatic heterocycles. The van der Waals surface area contributed by atoms with Crippen LogP contribution in [0.3, 0.4) is 0 Å². The molecular weight excluding hydrogens is 551 g/mol. The van der Waals surface area contributed by atoms with Crippen molar-refractivity contribution in [3.63, 3.8) is 0 Å². The molecule has 1 aliphatic heterocycles. The Hall–Kier alpha value is -4.44. The van der Waals surface area contributed by atoms with Crippen LogP contribution in [0, 0.1) is 11.7 Å². The number of ether oxygens (including phenoxy) is 1. The number of carbonyl (C=O) groups is 2. The van der Waals surface area contributed by atoms with Crippen LogP contribution in [0.5, 0.6) is 11.5 Å². The molecule has 0 aliphatic carbocycles. The van der Waals surface area contributed by atoms with E-state index in [9.17, 15) is 24.2 Å². The first kappa shape index (κ1) is 30.0. The molecule has 43 heavy (non-hydrogen) atoms. The number of fused-ring (bicyclic) bond motifs is 1. The Kier molecular flexibility index (Phi) is 8.16. The van der Waals surface area contributed by atoms with Crippen molar-refractivity contribution in [2.75, 3.05) is 18.4 Å². The summed E-state index contributed by atoms with van der Waals surface area (Å²) in [5.41, 5.74) is 0.407. The number of aliphatic carboxylic acids is 1. The maximum atomic E-state index is 13.6. The van der Waals surface area contributed by atoms with Gasteiger partial charge in [0.05, 0.1) is 27.6 Å². The number of nitrogens with zero attached hydrogens (tertiary/aromatic N) is 3. The molecule has 2 heterocycles. The molecule has 226 valence electrons. The van der Waals surface area contributed by atoms with Crippen LogP contribution in [0.15, 0.2) is 66.9 Å². The third-order valence-corrected chi connectivity index (χ3v) is 8.02. The van der Waals surface area contributed by atoms with E-state index in [0.717, 1.165) is 0 Å². The lowest BCUT2D eigenvalue weighted by atomic mass is 9.84. The highest BCUT2D eigenvalue weighted by Gasteiger charge is 2.34. The molecule has 1 saturated heterocycles. The van der Waals surface area contributed by atoms with E-state index in [1.165, 1.54) is 24.3 Å². The monoisotopic (exact) mass is 588 g/mol. The second kappa shape index (κ2) is 11.7. The summed E-state index contributed by atoms with van der Waals surface area (Å²) in [6, 6.07) is 15.9. The maximum Gasteiger partial charge on any atom is 0.321 e. The van der Waals surface area contributed by atoms with E-state index in [1.54, 1.807) is 60.0 Å². The van der Waals surface area contributed by atoms with E-state index < -0.39 is 22.8 Å². The van der Waals surface area contributed by atoms with Crippen LogP contribution < -0.4 is 10.1 Å². The third kappa shape index (κ3) is 6.64. The molecule has 9 nitrogen and oxygen atoms in total. The first-order chi connectivity index (χ1) is 20.3. The first-order valence-corrected chi connectivity index (χ1v) is 14.4. The lowest BCUT2D eigenvalue weighted by Crippen LogP contribution is -2.48. The number of carboxylic acid groups (broad SMARTS) is 1. The quantitative estimate of drug-likeness (QED) is 0.210. The van der Waals surface area contributed by atoms with E-state index in [1.807, 2.05) is 6.07 Å². The van der Waals surface area contributed by atoms with Gasteiger partial charge in [0.15, 0.2) is 0 Å². The van der Waals surface area contributed by atoms with Gasteiger partial charge in [-0.15, -0.1) is 0 Å². The van der Waals surface area contributed by atoms with Crippen molar-refractivity contribution in [3.05, 3.63) is 78.2 Å². The lowest BCUT2D eigenvalue weighted by Gasteiger charge is -2.39. The molecule has 1 fully saturated rings. The van der Waals surface area contributed by atoms with Crippen molar-refractivity contribution >= 4 is 28.6 Å². The zero-order valence-electron chi connectivity index (χ0n) is 24.8. The van der Waals surface area contributed by atoms with Crippen molar-refractivity contribution in [3.8, 4) is 17.2 Å². The highest BCUT2D eigenvalue weighted by molar-refractivity contribution is 5.95. The van der Waals surface area contributed by atoms with Crippen molar-refractivity contribution in [2.45, 2.75) is 58.0 Å². The largest absolute Gasteiger partial charge is 0.481 e. The number of amides is 2. The molecule has 0 spiro atoms. The molecule has 0 saturated carbocycles. The number of carbonyl (C=O) groups excluding carboxylic acids is 1. The predicted octanol–water partition coefficient (Wildman–Crippen LogP) is 6.72. The molecule has 0 atom stereocenters. The minimum atomic E-state index is -1.10. The van der Waals surface area contributed by atoms with E-state index in [-0.39, 0.29) is 6.03 Å². The van der Waals surface area contributed by atoms with Crippen LogP contribution in [-0.2, 0) is 10.2 Å². The molecule has 0 unspecified atom stereocenters. The summed E-state index contributed by atoms with van der Waals surface area (Å²) in [5, 5.41) is 28.9. The maximum absolute atomic E-state index is 13.6. The Morgan fingerprint density at radius 1 is 1.09 bits per heavy atom. The molecule has 3 N–H and O–H groups in total. The summed E-state index contributed by atoms with van der Waals surface area (Å²) in [7, 11) is 0. The number of nitrogens with one attached hydrogen (secondary N) is 1. The van der Waals surface area contributed by atoms with Gasteiger partial charge in [-0.2, -0.15) is 5.10 Å². The summed E-state index contributed by atoms with van der Waals surface area (Å²) < 4.78 is 21.3. The van der Waals surface area contributed by atoms with Gasteiger partial charge in [-0.25, -0.2) is 13.9 Å². The Bertz CT molecular complexity index is 1640. The Morgan fingerprint density at radius 3 is 2.44 bits per heavy atom. The van der Waals surface area contributed by atoms with Crippen molar-refractivity contribution in [2.24, 2.45) is 5.92 Å². The molecule has 3 aromatic carbocycles. The van der Waals surface area contributed by atoms with E-state index in [4.69, 9.17) is 9.84 Å². The number of piperidine rings is 1. The van der Waals surface area contributed by atoms with Gasteiger partial charge in [-0.05, 0) is 87.1 Å². The SMILES string of the molecule is CC(C)CC1(O)CCN(C(=O)Nc2cc(Oc3ccc(F)cc3)c3cn(-c4cccc(C(C)(C)C(=O)O)c4)nc3c2)CC1. The van der Waals surface area contributed by atoms with Gasteiger partial charge in [-0.3, -0.25) is 4.79 Å². The Labute approximate surface area is 249 Å². The highest BCUT2D eigenvalue weighted by atomic mass is 19.1. The van der Waals surface area contributed by atoms with E-state index in [0.29, 0.717) is 77.6 Å². The van der Waals surface area contributed by atoms with E-state index in [2.05, 4.69) is 19.2 Å². The van der Waals surface area contributed by atoms with E-state index >= 15 is 0 Å². The summed E-state index contributed by atoms with van der Waals surface area (Å²) in [6.07, 6.45) is 3.49. The third-order valence-electron chi connectivity index (χ3n) is 8.02. The highest BCUT2D eigenvalue weighted by Crippen LogP contribution is 2.35. The summed E-state index contributed by atoms with van der Waals surface area (Å²) in [6.45, 7) is 8.32. The molecule has 10 heteroatoms. The fourth-order valence-corrected chi connectivity index (χ4v) is 5.46. The summed E-state index contributed by atoms with van der Waals surface area (Å²) in [5.74, 6) is -0.161. The van der Waals surface area contributed by atoms with Gasteiger partial charge < -0.3 is 25.2 Å². The van der Waals surface area contributed by atoms with Gasteiger partial charge in [0.1, 0.15) is 17.3 Å². The average Bonchev–Trinajstić information content (AvgIpc) is 3.38. The van der Waals surface area contributed by atoms with Crippen molar-refractivity contribution < 1.29 is 28.9 Å². The minimum Gasteiger partial charge on any atom is -0.481 e. The van der Waals surface area contributed by atoms with Crippen LogP contribution in [0.4, 0.5) is 14.9 Å². The number of anilines is 1. The van der Waals surface area contributed by atoms with Crippen molar-refractivity contribution in [1.82, 2.24) is 14.7 Å². The summed E-state index contributed by atoms with van der Waals surface area (Å²) >= 11 is 0. The van der Waals surface area contributed by atoms with Crippen LogP contribution >= 0.6 is 0 Å². The number of benzene rings is 3. The first-order valence-electron chi connectivity index (χ1n) is 14.4. The van der Waals surface area contributed by atoms with Gasteiger partial charge in [-0.1, -0.05) is 26.0 Å². The number of halogens is 1. The number of hydrogen-bond acceptors (Lipinski definition) is 5. The van der Waals surface area contributed by atoms with Gasteiger partial charge in [0, 0.05) is 31.0 Å². The molecule has 5 rings (SSSR count). The normalized spacial score (nSPS) is 15.1. The fourth-order valence-electron chi connectivity index (χ4n) is 5.46. The Balaban J connectivity index is 1.46. The molecule has 0 radical (unpaired) electrons. The molecule has 4 aromatic rings. The second-order valence-electron chi connectivity index (χ2n) is 12.3. The van der Waals surface area contributed by atoms with Gasteiger partial charge in [0.2, 0.25) is 0 Å². The molecule has 0 bridgehead atoms. The fraction of sp³-hybridized carbons (Fsp3) is 0.364. The minimum absolute atomic E-state index is 0.290. The Morgan fingerprint density at radius 2 is 1.79 bits per heavy atom. The average molecular weight is 589 g/mol. The zero-order chi connectivity index (χ0) is 30.9. The smallest absolute Gasteiger partial charge is 0.321 e. The lowest BCUT2D eigenvalue weighted by molar-refractivity contribution is -0.142. The van der Waals surface area contributed by atoms with Gasteiger partial charge >= 0.3 is 12.0 Å². The molecule has 1 aliphatic rings. The van der Waals surface area contributed by atoms with Crippen LogP contribution in [0.2, 0.25) is 0 Å². The number of carboxylic acids is 1. The zero-order valence-corrected chi connectivity index (χ0v) is 24.8. The second-order valence-corrected chi connectivity index (χ2v) is 12.3. The number of aliphatic hydroxyl groups is 1. The predicted molar refractivity (Wildman–Crippen MR) is 162 cm³/mol. The van der Waals surface area contributed by atoms with Crippen LogP contribution in [-0.4, -0.2) is 55.6 Å². The number of rotatable bonds is 8. The number of hydrogen-bond donors (Lipinski definition) is 3. The molecule has 2 amide bonds. The summed E-state index contributed by atoms with van der Waals surface area (Å²) in [4.78, 5) is 26.8. The standard InChI is InChI=1S/C33H37FN4O5/c1-21(2)19-33(42)12-14-37(15-13-33)31(41)35-24-17-28-27(29(18-24)43-26-10-8-23(34)9-11-26)20-38(36-28)25-7-5-6-22(16-25)32(3,4)30(39)40/h5-11,16-18,20-21,42H,12-15,19H2,1-4H3,(H,35,41)(H,39,40). The van der Waals surface area contributed by atoms with Crippen LogP contribution in [0.25, 0.3) is 16.6 Å². The number of aromatic nitrogens is 2. The van der Waals surface area contributed by atoms with Gasteiger partial charge in [0.25, 0.3) is 0 Å². The number of urea groups is 1. The van der Waals surface area contributed by atoms with Crippen molar-refractivity contribution in [1.29, 1.82) is 0 Å². The molecular formula is C33H37FN4O5. The number of likely N-dealkylation sites (tertiary alicyclic amines) is 1. The topological polar surface area (TPSA) is 117 Å².